The molecule has 1 aromatic rings. The third-order valence-corrected chi connectivity index (χ3v) is 4.44. The van der Waals surface area contributed by atoms with Gasteiger partial charge in [-0.2, -0.15) is 5.10 Å². The Morgan fingerprint density at radius 1 is 1.56 bits per heavy atom. The molecule has 1 aromatic heterocycles. The van der Waals surface area contributed by atoms with Crippen LogP contribution in [0.5, 0.6) is 0 Å². The zero-order valence-electron chi connectivity index (χ0n) is 9.43. The van der Waals surface area contributed by atoms with E-state index in [0.29, 0.717) is 19.0 Å². The predicted octanol–water partition coefficient (Wildman–Crippen LogP) is 1.15. The molecule has 0 N–H and O–H groups in total. The van der Waals surface area contributed by atoms with Gasteiger partial charge in [0, 0.05) is 32.2 Å². The quantitative estimate of drug-likeness (QED) is 0.725. The highest BCUT2D eigenvalue weighted by Gasteiger charge is 2.20. The second-order valence-corrected chi connectivity index (χ2v) is 5.82. The van der Waals surface area contributed by atoms with Crippen molar-refractivity contribution in [2.24, 2.45) is 0 Å². The van der Waals surface area contributed by atoms with Crippen LogP contribution in [0.15, 0.2) is 17.3 Å². The molecule has 0 fully saturated rings. The van der Waals surface area contributed by atoms with Crippen LogP contribution in [0.2, 0.25) is 0 Å². The van der Waals surface area contributed by atoms with Gasteiger partial charge in [0.05, 0.1) is 6.20 Å². The lowest BCUT2D eigenvalue weighted by Gasteiger charge is -2.12. The lowest BCUT2D eigenvalue weighted by molar-refractivity contribution is 0.486. The third-order valence-electron chi connectivity index (χ3n) is 2.28. The molecule has 0 aromatic carbocycles. The van der Waals surface area contributed by atoms with Gasteiger partial charge in [-0.15, -0.1) is 11.6 Å². The van der Waals surface area contributed by atoms with Crippen molar-refractivity contribution in [2.75, 3.05) is 19.5 Å². The van der Waals surface area contributed by atoms with Crippen LogP contribution in [-0.4, -0.2) is 42.0 Å². The van der Waals surface area contributed by atoms with E-state index < -0.39 is 10.0 Å². The number of aryl methyl sites for hydroxylation is 1. The highest BCUT2D eigenvalue weighted by atomic mass is 35.5. The Labute approximate surface area is 101 Å². The number of hydrogen-bond acceptors (Lipinski definition) is 3. The summed E-state index contributed by atoms with van der Waals surface area (Å²) in [7, 11) is -1.83. The van der Waals surface area contributed by atoms with E-state index in [-0.39, 0.29) is 4.90 Å². The Hall–Kier alpha value is -0.590. The molecule has 1 heterocycles. The van der Waals surface area contributed by atoms with Crippen molar-refractivity contribution in [1.29, 1.82) is 0 Å². The van der Waals surface area contributed by atoms with Crippen molar-refractivity contribution in [3.05, 3.63) is 12.4 Å². The minimum atomic E-state index is -3.38. The lowest BCUT2D eigenvalue weighted by Crippen LogP contribution is -2.26. The Bertz CT molecular complexity index is 430. The predicted molar refractivity (Wildman–Crippen MR) is 63.1 cm³/mol. The molecule has 0 saturated carbocycles. The van der Waals surface area contributed by atoms with Crippen molar-refractivity contribution in [3.8, 4) is 0 Å². The SMILES string of the molecule is CCN(C)S(=O)(=O)c1cnn(CCCCl)c1. The summed E-state index contributed by atoms with van der Waals surface area (Å²) in [5.74, 6) is 0.538. The fraction of sp³-hybridized carbons (Fsp3) is 0.667. The van der Waals surface area contributed by atoms with Crippen LogP contribution < -0.4 is 0 Å². The van der Waals surface area contributed by atoms with Gasteiger partial charge in [0.25, 0.3) is 0 Å². The van der Waals surface area contributed by atoms with E-state index in [0.717, 1.165) is 6.42 Å². The Morgan fingerprint density at radius 2 is 2.25 bits per heavy atom. The van der Waals surface area contributed by atoms with Crippen molar-refractivity contribution < 1.29 is 8.42 Å². The van der Waals surface area contributed by atoms with Crippen LogP contribution >= 0.6 is 11.6 Å². The van der Waals surface area contributed by atoms with Gasteiger partial charge in [-0.1, -0.05) is 6.92 Å². The number of nitrogens with zero attached hydrogens (tertiary/aromatic N) is 3. The van der Waals surface area contributed by atoms with E-state index in [4.69, 9.17) is 11.6 Å². The van der Waals surface area contributed by atoms with Gasteiger partial charge in [-0.05, 0) is 6.42 Å². The molecule has 92 valence electrons. The Kier molecular flexibility index (Phi) is 4.76. The minimum absolute atomic E-state index is 0.228. The first-order valence-corrected chi connectivity index (χ1v) is 7.04. The van der Waals surface area contributed by atoms with E-state index in [1.165, 1.54) is 16.7 Å². The number of alkyl halides is 1. The minimum Gasteiger partial charge on any atom is -0.271 e. The maximum Gasteiger partial charge on any atom is 0.245 e. The molecule has 0 aliphatic carbocycles. The second kappa shape index (κ2) is 5.65. The van der Waals surface area contributed by atoms with E-state index in [1.807, 2.05) is 0 Å². The van der Waals surface area contributed by atoms with Crippen LogP contribution in [0.4, 0.5) is 0 Å². The normalized spacial score (nSPS) is 12.2. The standard InChI is InChI=1S/C9H16ClN3O2S/c1-3-12(2)16(14,15)9-7-11-13(8-9)6-4-5-10/h7-8H,3-6H2,1-2H3. The molecule has 0 aliphatic rings. The van der Waals surface area contributed by atoms with E-state index in [2.05, 4.69) is 5.10 Å². The highest BCUT2D eigenvalue weighted by Crippen LogP contribution is 2.12. The van der Waals surface area contributed by atoms with Crippen LogP contribution in [0, 0.1) is 0 Å². The highest BCUT2D eigenvalue weighted by molar-refractivity contribution is 7.89. The zero-order chi connectivity index (χ0) is 12.2. The monoisotopic (exact) mass is 265 g/mol. The fourth-order valence-corrected chi connectivity index (χ4v) is 2.43. The van der Waals surface area contributed by atoms with Gasteiger partial charge in [0.2, 0.25) is 10.0 Å². The van der Waals surface area contributed by atoms with Crippen molar-refractivity contribution in [1.82, 2.24) is 14.1 Å². The van der Waals surface area contributed by atoms with E-state index >= 15 is 0 Å². The average molecular weight is 266 g/mol. The maximum atomic E-state index is 11.9. The molecule has 0 radical (unpaired) electrons. The van der Waals surface area contributed by atoms with Gasteiger partial charge >= 0.3 is 0 Å². The summed E-state index contributed by atoms with van der Waals surface area (Å²) in [6, 6.07) is 0. The molecular weight excluding hydrogens is 250 g/mol. The first kappa shape index (κ1) is 13.5. The van der Waals surface area contributed by atoms with Gasteiger partial charge < -0.3 is 0 Å². The summed E-state index contributed by atoms with van der Waals surface area (Å²) >= 11 is 5.55. The maximum absolute atomic E-state index is 11.9. The molecule has 0 bridgehead atoms. The fourth-order valence-electron chi connectivity index (χ4n) is 1.17. The van der Waals surface area contributed by atoms with Crippen molar-refractivity contribution in [3.63, 3.8) is 0 Å². The number of rotatable bonds is 6. The first-order valence-electron chi connectivity index (χ1n) is 5.07. The molecule has 0 amide bonds. The molecular formula is C9H16ClN3O2S. The summed E-state index contributed by atoms with van der Waals surface area (Å²) in [5, 5.41) is 3.99. The van der Waals surface area contributed by atoms with E-state index in [1.54, 1.807) is 18.7 Å². The van der Waals surface area contributed by atoms with Gasteiger partial charge in [-0.25, -0.2) is 12.7 Å². The molecule has 0 atom stereocenters. The van der Waals surface area contributed by atoms with Gasteiger partial charge in [0.15, 0.2) is 0 Å². The summed E-state index contributed by atoms with van der Waals surface area (Å²) in [4.78, 5) is 0.228. The summed E-state index contributed by atoms with van der Waals surface area (Å²) in [6.07, 6.45) is 3.68. The largest absolute Gasteiger partial charge is 0.271 e. The zero-order valence-corrected chi connectivity index (χ0v) is 11.0. The molecule has 7 heteroatoms. The van der Waals surface area contributed by atoms with Gasteiger partial charge in [-0.3, -0.25) is 4.68 Å². The molecule has 16 heavy (non-hydrogen) atoms. The molecule has 0 spiro atoms. The van der Waals surface area contributed by atoms with Crippen molar-refractivity contribution >= 4 is 21.6 Å². The number of hydrogen-bond donors (Lipinski definition) is 0. The summed E-state index contributed by atoms with van der Waals surface area (Å²) in [5.41, 5.74) is 0. The molecule has 1 rings (SSSR count). The first-order chi connectivity index (χ1) is 7.52. The van der Waals surface area contributed by atoms with Crippen molar-refractivity contribution in [2.45, 2.75) is 24.8 Å². The van der Waals surface area contributed by atoms with Crippen LogP contribution in [0.1, 0.15) is 13.3 Å². The third kappa shape index (κ3) is 2.96. The van der Waals surface area contributed by atoms with Crippen LogP contribution in [0.3, 0.4) is 0 Å². The molecule has 0 aliphatic heterocycles. The molecule has 0 unspecified atom stereocenters. The van der Waals surface area contributed by atoms with Gasteiger partial charge in [0.1, 0.15) is 4.90 Å². The topological polar surface area (TPSA) is 55.2 Å². The number of aromatic nitrogens is 2. The van der Waals surface area contributed by atoms with Crippen LogP contribution in [-0.2, 0) is 16.6 Å². The smallest absolute Gasteiger partial charge is 0.245 e. The summed E-state index contributed by atoms with van der Waals surface area (Å²) in [6.45, 7) is 2.86. The Morgan fingerprint density at radius 3 is 2.81 bits per heavy atom. The molecule has 5 nitrogen and oxygen atoms in total. The Balaban J connectivity index is 2.85. The van der Waals surface area contributed by atoms with E-state index in [9.17, 15) is 8.42 Å². The van der Waals surface area contributed by atoms with Crippen LogP contribution in [0.25, 0.3) is 0 Å². The molecule has 0 saturated heterocycles. The summed E-state index contributed by atoms with van der Waals surface area (Å²) < 4.78 is 26.7. The average Bonchev–Trinajstić information content (AvgIpc) is 2.74. The number of sulfonamides is 1. The second-order valence-electron chi connectivity index (χ2n) is 3.40. The lowest BCUT2D eigenvalue weighted by atomic mass is 10.5. The number of halogens is 1.